The number of aromatic nitrogens is 1. The zero-order valence-electron chi connectivity index (χ0n) is 9.15. The maximum absolute atomic E-state index is 12.0. The summed E-state index contributed by atoms with van der Waals surface area (Å²) >= 11 is 9.31. The molecule has 3 N–H and O–H groups in total. The summed E-state index contributed by atoms with van der Waals surface area (Å²) in [5, 5.41) is 3.05. The van der Waals surface area contributed by atoms with E-state index >= 15 is 0 Å². The summed E-state index contributed by atoms with van der Waals surface area (Å²) in [5.74, 6) is -0.320. The Labute approximate surface area is 117 Å². The third kappa shape index (κ3) is 2.63. The molecular weight excluding hydrogens is 318 g/mol. The lowest BCUT2D eigenvalue weighted by Crippen LogP contribution is -2.13. The van der Waals surface area contributed by atoms with Gasteiger partial charge in [0.25, 0.3) is 5.91 Å². The molecule has 1 amide bonds. The van der Waals surface area contributed by atoms with Crippen LogP contribution in [-0.4, -0.2) is 10.9 Å². The molecule has 0 unspecified atom stereocenters. The van der Waals surface area contributed by atoms with Crippen LogP contribution in [0, 0.1) is 0 Å². The first-order valence-corrected chi connectivity index (χ1v) is 6.21. The summed E-state index contributed by atoms with van der Waals surface area (Å²) in [5.41, 5.74) is 6.98. The van der Waals surface area contributed by atoms with Crippen LogP contribution in [0.1, 0.15) is 10.4 Å². The first-order valence-electron chi connectivity index (χ1n) is 5.04. The van der Waals surface area contributed by atoms with Gasteiger partial charge in [0.2, 0.25) is 0 Å². The number of rotatable bonds is 2. The van der Waals surface area contributed by atoms with Crippen LogP contribution in [0.15, 0.2) is 41.1 Å². The zero-order valence-corrected chi connectivity index (χ0v) is 11.5. The molecule has 6 heteroatoms. The predicted octanol–water partition coefficient (Wildman–Crippen LogP) is 3.33. The zero-order chi connectivity index (χ0) is 13.1. The van der Waals surface area contributed by atoms with E-state index in [4.69, 9.17) is 17.3 Å². The first kappa shape index (κ1) is 12.9. The summed E-state index contributed by atoms with van der Waals surface area (Å²) in [6.07, 6.45) is 3.02. The van der Waals surface area contributed by atoms with Crippen molar-refractivity contribution in [1.82, 2.24) is 4.98 Å². The van der Waals surface area contributed by atoms with E-state index in [0.29, 0.717) is 26.4 Å². The summed E-state index contributed by atoms with van der Waals surface area (Å²) < 4.78 is 0.666. The quantitative estimate of drug-likeness (QED) is 0.889. The van der Waals surface area contributed by atoms with Crippen molar-refractivity contribution in [3.8, 4) is 0 Å². The molecule has 1 heterocycles. The number of nitrogens with zero attached hydrogens (tertiary/aromatic N) is 1. The van der Waals surface area contributed by atoms with Gasteiger partial charge >= 0.3 is 0 Å². The fourth-order valence-electron chi connectivity index (χ4n) is 1.39. The molecule has 18 heavy (non-hydrogen) atoms. The summed E-state index contributed by atoms with van der Waals surface area (Å²) in [6.45, 7) is 0. The van der Waals surface area contributed by atoms with Gasteiger partial charge in [0, 0.05) is 10.7 Å². The fourth-order valence-corrected chi connectivity index (χ4v) is 1.97. The lowest BCUT2D eigenvalue weighted by atomic mass is 10.2. The number of pyridine rings is 1. The molecule has 1 aromatic heterocycles. The Kier molecular flexibility index (Phi) is 3.84. The van der Waals surface area contributed by atoms with Gasteiger partial charge in [-0.2, -0.15) is 0 Å². The molecule has 1 aromatic carbocycles. The monoisotopic (exact) mass is 325 g/mol. The lowest BCUT2D eigenvalue weighted by Gasteiger charge is -2.09. The van der Waals surface area contributed by atoms with Crippen LogP contribution in [0.3, 0.4) is 0 Å². The largest absolute Gasteiger partial charge is 0.396 e. The minimum Gasteiger partial charge on any atom is -0.396 e. The number of carbonyl (C=O) groups excluding carboxylic acids is 1. The van der Waals surface area contributed by atoms with Gasteiger partial charge in [-0.15, -0.1) is 0 Å². The van der Waals surface area contributed by atoms with Gasteiger partial charge in [-0.3, -0.25) is 9.78 Å². The average molecular weight is 327 g/mol. The number of hydrogen-bond acceptors (Lipinski definition) is 3. The number of halogens is 2. The van der Waals surface area contributed by atoms with Crippen LogP contribution in [-0.2, 0) is 0 Å². The highest BCUT2D eigenvalue weighted by atomic mass is 79.9. The number of nitrogen functional groups attached to an aromatic ring is 1. The SMILES string of the molecule is Nc1cnccc1NC(=O)c1cccc(Br)c1Cl. The van der Waals surface area contributed by atoms with Crippen molar-refractivity contribution in [2.75, 3.05) is 11.1 Å². The highest BCUT2D eigenvalue weighted by molar-refractivity contribution is 9.10. The van der Waals surface area contributed by atoms with Gasteiger partial charge in [0.15, 0.2) is 0 Å². The number of hydrogen-bond donors (Lipinski definition) is 2. The summed E-state index contributed by atoms with van der Waals surface area (Å²) in [6, 6.07) is 6.76. The van der Waals surface area contributed by atoms with Crippen LogP contribution >= 0.6 is 27.5 Å². The van der Waals surface area contributed by atoms with E-state index in [1.807, 2.05) is 0 Å². The summed E-state index contributed by atoms with van der Waals surface area (Å²) in [7, 11) is 0. The minimum absolute atomic E-state index is 0.320. The predicted molar refractivity (Wildman–Crippen MR) is 75.8 cm³/mol. The second kappa shape index (κ2) is 5.37. The van der Waals surface area contributed by atoms with E-state index in [0.717, 1.165) is 0 Å². The molecule has 0 saturated heterocycles. The molecule has 0 spiro atoms. The van der Waals surface area contributed by atoms with Gasteiger partial charge < -0.3 is 11.1 Å². The molecular formula is C12H9BrClN3O. The topological polar surface area (TPSA) is 68.0 Å². The van der Waals surface area contributed by atoms with Crippen LogP contribution in [0.25, 0.3) is 0 Å². The van der Waals surface area contributed by atoms with Crippen molar-refractivity contribution in [1.29, 1.82) is 0 Å². The van der Waals surface area contributed by atoms with Gasteiger partial charge in [-0.25, -0.2) is 0 Å². The van der Waals surface area contributed by atoms with E-state index in [1.54, 1.807) is 30.5 Å². The number of benzene rings is 1. The van der Waals surface area contributed by atoms with Crippen LogP contribution in [0.4, 0.5) is 11.4 Å². The molecule has 0 bridgehead atoms. The number of nitrogens with one attached hydrogen (secondary N) is 1. The molecule has 0 fully saturated rings. The third-order valence-corrected chi connectivity index (χ3v) is 3.59. The van der Waals surface area contributed by atoms with Gasteiger partial charge in [-0.1, -0.05) is 17.7 Å². The molecule has 4 nitrogen and oxygen atoms in total. The molecule has 0 radical (unpaired) electrons. The number of amides is 1. The van der Waals surface area contributed by atoms with Crippen LogP contribution in [0.2, 0.25) is 5.02 Å². The molecule has 0 aliphatic rings. The van der Waals surface area contributed by atoms with E-state index < -0.39 is 0 Å². The second-order valence-corrected chi connectivity index (χ2v) is 4.75. The van der Waals surface area contributed by atoms with Crippen molar-refractivity contribution in [2.24, 2.45) is 0 Å². The normalized spacial score (nSPS) is 10.1. The van der Waals surface area contributed by atoms with Crippen molar-refractivity contribution in [2.45, 2.75) is 0 Å². The molecule has 2 aromatic rings. The van der Waals surface area contributed by atoms with Crippen molar-refractivity contribution < 1.29 is 4.79 Å². The standard InChI is InChI=1S/C12H9BrClN3O/c13-8-3-1-2-7(11(8)14)12(18)17-10-4-5-16-6-9(10)15/h1-6H,15H2,(H,16,17,18). The maximum atomic E-state index is 12.0. The average Bonchev–Trinajstić information content (AvgIpc) is 2.35. The van der Waals surface area contributed by atoms with E-state index in [2.05, 4.69) is 26.2 Å². The number of nitrogens with two attached hydrogens (primary N) is 1. The molecule has 0 saturated carbocycles. The Bertz CT molecular complexity index is 604. The Morgan fingerprint density at radius 3 is 2.89 bits per heavy atom. The molecule has 0 atom stereocenters. The van der Waals surface area contributed by atoms with Crippen molar-refractivity contribution >= 4 is 44.8 Å². The summed E-state index contributed by atoms with van der Waals surface area (Å²) in [4.78, 5) is 15.9. The van der Waals surface area contributed by atoms with Gasteiger partial charge in [0.05, 0.1) is 28.2 Å². The molecule has 0 aliphatic carbocycles. The highest BCUT2D eigenvalue weighted by Gasteiger charge is 2.13. The van der Waals surface area contributed by atoms with Crippen LogP contribution in [0.5, 0.6) is 0 Å². The van der Waals surface area contributed by atoms with Crippen LogP contribution < -0.4 is 11.1 Å². The van der Waals surface area contributed by atoms with Crippen molar-refractivity contribution in [3.63, 3.8) is 0 Å². The van der Waals surface area contributed by atoms with E-state index in [1.165, 1.54) is 6.20 Å². The highest BCUT2D eigenvalue weighted by Crippen LogP contribution is 2.27. The second-order valence-electron chi connectivity index (χ2n) is 3.52. The molecule has 2 rings (SSSR count). The van der Waals surface area contributed by atoms with Crippen molar-refractivity contribution in [3.05, 3.63) is 51.7 Å². The van der Waals surface area contributed by atoms with E-state index in [-0.39, 0.29) is 5.91 Å². The number of carbonyl (C=O) groups is 1. The smallest absolute Gasteiger partial charge is 0.257 e. The first-order chi connectivity index (χ1) is 8.59. The minimum atomic E-state index is -0.320. The Balaban J connectivity index is 2.28. The molecule has 0 aliphatic heterocycles. The Morgan fingerprint density at radius 2 is 2.17 bits per heavy atom. The molecule has 92 valence electrons. The van der Waals surface area contributed by atoms with Gasteiger partial charge in [0.1, 0.15) is 0 Å². The van der Waals surface area contributed by atoms with Gasteiger partial charge in [-0.05, 0) is 34.1 Å². The fraction of sp³-hybridized carbons (Fsp3) is 0. The maximum Gasteiger partial charge on any atom is 0.257 e. The third-order valence-electron chi connectivity index (χ3n) is 2.30. The Hall–Kier alpha value is -1.59. The number of anilines is 2. The lowest BCUT2D eigenvalue weighted by molar-refractivity contribution is 0.102. The van der Waals surface area contributed by atoms with E-state index in [9.17, 15) is 4.79 Å². The Morgan fingerprint density at radius 1 is 1.39 bits per heavy atom.